The maximum absolute atomic E-state index is 13.1. The molecular weight excluding hydrogens is 468 g/mol. The number of rotatable bonds is 9. The molecule has 0 saturated carbocycles. The van der Waals surface area contributed by atoms with E-state index in [9.17, 15) is 4.79 Å². The topological polar surface area (TPSA) is 89.7 Å². The third-order valence-electron chi connectivity index (χ3n) is 5.76. The average Bonchev–Trinajstić information content (AvgIpc) is 3.33. The predicted molar refractivity (Wildman–Crippen MR) is 134 cm³/mol. The van der Waals surface area contributed by atoms with Crippen LogP contribution in [0.5, 0.6) is 5.75 Å². The normalized spacial score (nSPS) is 16.1. The van der Waals surface area contributed by atoms with Gasteiger partial charge in [0.15, 0.2) is 0 Å². The van der Waals surface area contributed by atoms with Crippen LogP contribution in [0.4, 0.5) is 4.79 Å². The summed E-state index contributed by atoms with van der Waals surface area (Å²) in [7, 11) is 1.61. The number of urea groups is 1. The fraction of sp³-hybridized carbons (Fsp3) is 0.346. The molecule has 9 heteroatoms. The zero-order valence-electron chi connectivity index (χ0n) is 20.2. The molecule has 35 heavy (non-hydrogen) atoms. The van der Waals surface area contributed by atoms with Crippen molar-refractivity contribution >= 4 is 23.2 Å². The van der Waals surface area contributed by atoms with Gasteiger partial charge < -0.3 is 19.3 Å². The minimum atomic E-state index is -0.471. The molecule has 0 radical (unpaired) electrons. The van der Waals surface area contributed by atoms with Gasteiger partial charge >= 0.3 is 6.03 Å². The largest absolute Gasteiger partial charge is 0.497 e. The Labute approximate surface area is 209 Å². The fourth-order valence-electron chi connectivity index (χ4n) is 3.99. The average molecular weight is 497 g/mol. The number of benzene rings is 2. The van der Waals surface area contributed by atoms with E-state index in [1.54, 1.807) is 24.1 Å². The second-order valence-corrected chi connectivity index (χ2v) is 8.95. The van der Waals surface area contributed by atoms with Crippen molar-refractivity contribution < 1.29 is 18.8 Å². The van der Waals surface area contributed by atoms with Crippen molar-refractivity contribution in [2.45, 2.75) is 39.3 Å². The van der Waals surface area contributed by atoms with Crippen LogP contribution in [0.15, 0.2) is 58.8 Å². The summed E-state index contributed by atoms with van der Waals surface area (Å²) in [5, 5.41) is 7.91. The van der Waals surface area contributed by atoms with Crippen LogP contribution in [-0.2, 0) is 4.74 Å². The number of amides is 2. The highest BCUT2D eigenvalue weighted by atomic mass is 35.5. The Kier molecular flexibility index (Phi) is 7.73. The molecule has 1 N–H and O–H groups in total. The van der Waals surface area contributed by atoms with Gasteiger partial charge in [0, 0.05) is 29.4 Å². The van der Waals surface area contributed by atoms with Gasteiger partial charge in [0.25, 0.3) is 5.89 Å². The number of ether oxygens (including phenoxy) is 2. The molecule has 1 aliphatic rings. The van der Waals surface area contributed by atoms with Gasteiger partial charge in [-0.05, 0) is 57.0 Å². The highest BCUT2D eigenvalue weighted by molar-refractivity contribution is 6.30. The summed E-state index contributed by atoms with van der Waals surface area (Å²) in [5.74, 6) is 1.47. The summed E-state index contributed by atoms with van der Waals surface area (Å²) >= 11 is 6.10. The molecule has 2 heterocycles. The van der Waals surface area contributed by atoms with E-state index in [-0.39, 0.29) is 12.1 Å². The second-order valence-electron chi connectivity index (χ2n) is 8.51. The maximum Gasteiger partial charge on any atom is 0.322 e. The van der Waals surface area contributed by atoms with E-state index in [1.165, 1.54) is 0 Å². The molecule has 1 unspecified atom stereocenters. The number of carbonyl (C=O) groups excluding carboxylic acids is 1. The summed E-state index contributed by atoms with van der Waals surface area (Å²) < 4.78 is 16.7. The minimum Gasteiger partial charge on any atom is -0.497 e. The fourth-order valence-corrected chi connectivity index (χ4v) is 4.11. The quantitative estimate of drug-likeness (QED) is 0.381. The van der Waals surface area contributed by atoms with Gasteiger partial charge in [-0.3, -0.25) is 4.90 Å². The lowest BCUT2D eigenvalue weighted by atomic mass is 9.94. The third-order valence-corrected chi connectivity index (χ3v) is 6.01. The van der Waals surface area contributed by atoms with Crippen molar-refractivity contribution in [2.75, 3.05) is 20.3 Å². The van der Waals surface area contributed by atoms with E-state index in [0.29, 0.717) is 42.1 Å². The smallest absolute Gasteiger partial charge is 0.322 e. The number of allylic oxidation sites excluding steroid dienone is 1. The van der Waals surface area contributed by atoms with E-state index < -0.39 is 6.04 Å². The van der Waals surface area contributed by atoms with Crippen LogP contribution in [0.2, 0.25) is 5.02 Å². The van der Waals surface area contributed by atoms with Crippen LogP contribution < -0.4 is 10.1 Å². The molecule has 0 bridgehead atoms. The Morgan fingerprint density at radius 3 is 2.69 bits per heavy atom. The van der Waals surface area contributed by atoms with E-state index in [4.69, 9.17) is 25.6 Å². The highest BCUT2D eigenvalue weighted by Gasteiger charge is 2.35. The van der Waals surface area contributed by atoms with E-state index in [0.717, 1.165) is 22.4 Å². The van der Waals surface area contributed by atoms with E-state index >= 15 is 0 Å². The van der Waals surface area contributed by atoms with Gasteiger partial charge in [-0.25, -0.2) is 4.79 Å². The minimum absolute atomic E-state index is 0.139. The molecule has 2 amide bonds. The number of nitrogens with zero attached hydrogens (tertiary/aromatic N) is 3. The SMILES string of the molecule is COc1cccc(-c2noc(C3=C(C)N(CCCOC(C)C)C(=O)NC3c3ccc(Cl)cc3)n2)c1. The maximum atomic E-state index is 13.1. The molecular formula is C26H29ClN4O4. The summed E-state index contributed by atoms with van der Waals surface area (Å²) in [6, 6.07) is 14.1. The van der Waals surface area contributed by atoms with Gasteiger partial charge in [0.2, 0.25) is 5.82 Å². The Morgan fingerprint density at radius 1 is 1.20 bits per heavy atom. The first-order valence-corrected chi connectivity index (χ1v) is 11.9. The summed E-state index contributed by atoms with van der Waals surface area (Å²) in [6.07, 6.45) is 0.834. The Balaban J connectivity index is 1.71. The summed E-state index contributed by atoms with van der Waals surface area (Å²) in [5.41, 5.74) is 3.11. The number of halogens is 1. The molecule has 0 fully saturated rings. The molecule has 0 aliphatic carbocycles. The highest BCUT2D eigenvalue weighted by Crippen LogP contribution is 2.37. The van der Waals surface area contributed by atoms with Crippen molar-refractivity contribution in [1.82, 2.24) is 20.4 Å². The van der Waals surface area contributed by atoms with Gasteiger partial charge in [-0.15, -0.1) is 0 Å². The molecule has 1 aliphatic heterocycles. The Morgan fingerprint density at radius 2 is 1.97 bits per heavy atom. The number of aromatic nitrogens is 2. The summed E-state index contributed by atoms with van der Waals surface area (Å²) in [6.45, 7) is 6.94. The second kappa shape index (κ2) is 10.9. The molecule has 1 aromatic heterocycles. The van der Waals surface area contributed by atoms with Gasteiger partial charge in [0.1, 0.15) is 5.75 Å². The monoisotopic (exact) mass is 496 g/mol. The van der Waals surface area contributed by atoms with Crippen LogP contribution in [0, 0.1) is 0 Å². The van der Waals surface area contributed by atoms with Gasteiger partial charge in [-0.2, -0.15) is 4.98 Å². The van der Waals surface area contributed by atoms with Crippen molar-refractivity contribution in [2.24, 2.45) is 0 Å². The molecule has 2 aromatic carbocycles. The Hall–Kier alpha value is -3.36. The predicted octanol–water partition coefficient (Wildman–Crippen LogP) is 5.71. The number of hydrogen-bond donors (Lipinski definition) is 1. The molecule has 8 nitrogen and oxygen atoms in total. The van der Waals surface area contributed by atoms with E-state index in [1.807, 2.05) is 57.2 Å². The molecule has 0 saturated heterocycles. The van der Waals surface area contributed by atoms with Crippen molar-refractivity contribution in [3.63, 3.8) is 0 Å². The molecule has 184 valence electrons. The van der Waals surface area contributed by atoms with Crippen molar-refractivity contribution in [3.05, 3.63) is 70.7 Å². The zero-order valence-corrected chi connectivity index (χ0v) is 21.0. The van der Waals surface area contributed by atoms with Crippen molar-refractivity contribution in [1.29, 1.82) is 0 Å². The third kappa shape index (κ3) is 5.66. The number of nitrogens with one attached hydrogen (secondary N) is 1. The van der Waals surface area contributed by atoms with Gasteiger partial charge in [-0.1, -0.05) is 41.0 Å². The number of methoxy groups -OCH3 is 1. The lowest BCUT2D eigenvalue weighted by Gasteiger charge is -2.35. The van der Waals surface area contributed by atoms with Crippen LogP contribution in [0.1, 0.15) is 44.7 Å². The lowest BCUT2D eigenvalue weighted by molar-refractivity contribution is 0.0736. The van der Waals surface area contributed by atoms with Crippen LogP contribution in [-0.4, -0.2) is 47.4 Å². The van der Waals surface area contributed by atoms with Gasteiger partial charge in [0.05, 0.1) is 24.8 Å². The first-order valence-electron chi connectivity index (χ1n) is 11.5. The molecule has 3 aromatic rings. The first-order chi connectivity index (χ1) is 16.9. The zero-order chi connectivity index (χ0) is 24.9. The Bertz CT molecular complexity index is 1210. The molecule has 0 spiro atoms. The lowest BCUT2D eigenvalue weighted by Crippen LogP contribution is -2.46. The molecule has 4 rings (SSSR count). The number of hydrogen-bond acceptors (Lipinski definition) is 6. The van der Waals surface area contributed by atoms with Crippen LogP contribution >= 0.6 is 11.6 Å². The first kappa shape index (κ1) is 24.8. The molecule has 1 atom stereocenters. The van der Waals surface area contributed by atoms with Crippen LogP contribution in [0.25, 0.3) is 17.0 Å². The van der Waals surface area contributed by atoms with Crippen molar-refractivity contribution in [3.8, 4) is 17.1 Å². The summed E-state index contributed by atoms with van der Waals surface area (Å²) in [4.78, 5) is 19.5. The van der Waals surface area contributed by atoms with E-state index in [2.05, 4.69) is 15.5 Å². The number of carbonyl (C=O) groups is 1. The van der Waals surface area contributed by atoms with Crippen LogP contribution in [0.3, 0.4) is 0 Å². The standard InChI is InChI=1S/C26H29ClN4O4/c1-16(2)34-14-6-13-31-17(3)22(23(28-26(31)32)18-9-11-20(27)12-10-18)25-29-24(30-35-25)19-7-5-8-21(15-19)33-4/h5,7-12,15-16,23H,6,13-14H2,1-4H3,(H,28,32).